The fraction of sp³-hybridized carbons (Fsp3) is 0.952. The van der Waals surface area contributed by atoms with Crippen LogP contribution in [-0.4, -0.2) is 49.1 Å². The van der Waals surface area contributed by atoms with E-state index < -0.39 is 5.38 Å². The van der Waals surface area contributed by atoms with Crippen LogP contribution in [0.3, 0.4) is 0 Å². The third kappa shape index (κ3) is 30.9. The zero-order chi connectivity index (χ0) is 34.1. The molecule has 0 saturated heterocycles. The van der Waals surface area contributed by atoms with E-state index in [0.29, 0.717) is 23.9 Å². The maximum absolute atomic E-state index is 13.3. The molecule has 0 bridgehead atoms. The number of carbonyl (C=O) groups is 2. The van der Waals surface area contributed by atoms with Crippen LogP contribution in [0.25, 0.3) is 0 Å². The molecule has 0 aromatic rings. The lowest BCUT2D eigenvalue weighted by Gasteiger charge is -2.30. The van der Waals surface area contributed by atoms with E-state index in [0.717, 1.165) is 25.7 Å². The molecule has 2 unspecified atom stereocenters. The summed E-state index contributed by atoms with van der Waals surface area (Å²) in [5.41, 5.74) is 0. The van der Waals surface area contributed by atoms with Gasteiger partial charge in [0.15, 0.2) is 5.78 Å². The van der Waals surface area contributed by atoms with Crippen molar-refractivity contribution in [1.29, 1.82) is 0 Å². The Kier molecular flexibility index (Phi) is 32.8. The molecule has 46 heavy (non-hydrogen) atoms. The van der Waals surface area contributed by atoms with Gasteiger partial charge in [0.2, 0.25) is 0 Å². The predicted molar refractivity (Wildman–Crippen MR) is 205 cm³/mol. The lowest BCUT2D eigenvalue weighted by atomic mass is 9.90. The summed E-state index contributed by atoms with van der Waals surface area (Å²) in [6, 6.07) is 0. The molecule has 4 heteroatoms. The maximum Gasteiger partial charge on any atom is 0.151 e. The van der Waals surface area contributed by atoms with E-state index in [1.54, 1.807) is 0 Å². The molecule has 3 nitrogen and oxygen atoms in total. The summed E-state index contributed by atoms with van der Waals surface area (Å²) >= 11 is 6.75. The molecule has 0 radical (unpaired) electrons. The van der Waals surface area contributed by atoms with E-state index in [-0.39, 0.29) is 17.5 Å². The van der Waals surface area contributed by atoms with Crippen molar-refractivity contribution in [3.8, 4) is 0 Å². The molecular weight excluding hydrogens is 586 g/mol. The van der Waals surface area contributed by atoms with Gasteiger partial charge in [-0.1, -0.05) is 194 Å². The fourth-order valence-corrected chi connectivity index (χ4v) is 7.17. The smallest absolute Gasteiger partial charge is 0.151 e. The van der Waals surface area contributed by atoms with Crippen LogP contribution < -0.4 is 0 Å². The molecule has 0 aliphatic rings. The Morgan fingerprint density at radius 3 is 0.913 bits per heavy atom. The summed E-state index contributed by atoms with van der Waals surface area (Å²) in [6.45, 7) is 5.20. The van der Waals surface area contributed by atoms with Crippen molar-refractivity contribution in [1.82, 2.24) is 0 Å². The van der Waals surface area contributed by atoms with Crippen molar-refractivity contribution >= 4 is 23.2 Å². The predicted octanol–water partition coefficient (Wildman–Crippen LogP) is 13.6. The van der Waals surface area contributed by atoms with Gasteiger partial charge in [-0.2, -0.15) is 0 Å². The Morgan fingerprint density at radius 2 is 0.652 bits per heavy atom. The number of unbranched alkanes of at least 4 members (excludes halogenated alkanes) is 28. The van der Waals surface area contributed by atoms with Crippen LogP contribution in [0, 0.1) is 5.92 Å². The van der Waals surface area contributed by atoms with Gasteiger partial charge in [0, 0.05) is 12.8 Å². The SMILES string of the molecule is CCCCCCCCCCCCCCCCCC(=O)C(Cl)C(C[N+](C)(C)C)C(=O)CCCCCCCCCCCCCCCCC. The van der Waals surface area contributed by atoms with Gasteiger partial charge in [-0.15, -0.1) is 11.6 Å². The number of hydrogen-bond donors (Lipinski definition) is 0. The Balaban J connectivity index is 3.99. The molecule has 0 rings (SSSR count). The first-order valence-electron chi connectivity index (χ1n) is 20.7. The van der Waals surface area contributed by atoms with Crippen molar-refractivity contribution in [3.05, 3.63) is 0 Å². The van der Waals surface area contributed by atoms with Crippen LogP contribution in [0.2, 0.25) is 0 Å². The summed E-state index contributed by atoms with van der Waals surface area (Å²) < 4.78 is 0.657. The average molecular weight is 670 g/mol. The first-order chi connectivity index (χ1) is 22.2. The Morgan fingerprint density at radius 1 is 0.413 bits per heavy atom. The highest BCUT2D eigenvalue weighted by atomic mass is 35.5. The zero-order valence-corrected chi connectivity index (χ0v) is 32.9. The number of carbonyl (C=O) groups excluding carboxylic acids is 2. The van der Waals surface area contributed by atoms with Gasteiger partial charge < -0.3 is 4.48 Å². The fourth-order valence-electron chi connectivity index (χ4n) is 6.84. The summed E-state index contributed by atoms with van der Waals surface area (Å²) in [7, 11) is 6.28. The first kappa shape index (κ1) is 45.6. The molecule has 0 fully saturated rings. The van der Waals surface area contributed by atoms with Gasteiger partial charge in [0.25, 0.3) is 0 Å². The lowest BCUT2D eigenvalue weighted by Crippen LogP contribution is -2.46. The van der Waals surface area contributed by atoms with Gasteiger partial charge in [-0.05, 0) is 12.8 Å². The standard InChI is InChI=1S/C42H83ClNO2/c1-6-8-10-12-14-16-18-20-22-24-26-28-30-32-34-36-40(45)39(38-44(3,4)5)42(43)41(46)37-35-33-31-29-27-25-23-21-19-17-15-13-11-9-7-2/h39,42H,6-38H2,1-5H3/q+1. The first-order valence-corrected chi connectivity index (χ1v) is 21.2. The normalized spacial score (nSPS) is 13.3. The summed E-state index contributed by atoms with van der Waals surface area (Å²) in [6.07, 6.45) is 40.7. The molecule has 0 spiro atoms. The lowest BCUT2D eigenvalue weighted by molar-refractivity contribution is -0.872. The minimum atomic E-state index is -0.673. The highest BCUT2D eigenvalue weighted by molar-refractivity contribution is 6.32. The van der Waals surface area contributed by atoms with Crippen molar-refractivity contribution in [2.24, 2.45) is 5.92 Å². The Hall–Kier alpha value is -0.410. The van der Waals surface area contributed by atoms with Crippen molar-refractivity contribution in [2.45, 2.75) is 225 Å². The largest absolute Gasteiger partial charge is 0.330 e. The van der Waals surface area contributed by atoms with Gasteiger partial charge in [0.05, 0.1) is 33.6 Å². The molecule has 0 amide bonds. The van der Waals surface area contributed by atoms with Crippen molar-refractivity contribution in [3.63, 3.8) is 0 Å². The summed E-state index contributed by atoms with van der Waals surface area (Å²) in [5.74, 6) is -0.0793. The minimum absolute atomic E-state index is 0.0830. The molecule has 0 aliphatic heterocycles. The monoisotopic (exact) mass is 669 g/mol. The van der Waals surface area contributed by atoms with Crippen LogP contribution >= 0.6 is 11.6 Å². The number of nitrogens with zero attached hydrogens (tertiary/aromatic N) is 1. The third-order valence-corrected chi connectivity index (χ3v) is 10.4. The number of ketones is 2. The average Bonchev–Trinajstić information content (AvgIpc) is 3.02. The Labute approximate surface area is 294 Å². The van der Waals surface area contributed by atoms with Crippen molar-refractivity contribution in [2.75, 3.05) is 27.7 Å². The number of Topliss-reactive ketones (excluding diaryl/α,β-unsaturated/α-hetero) is 2. The molecule has 0 aromatic carbocycles. The van der Waals surface area contributed by atoms with Gasteiger partial charge >= 0.3 is 0 Å². The highest BCUT2D eigenvalue weighted by Crippen LogP contribution is 2.23. The number of quaternary nitrogens is 1. The number of hydrogen-bond acceptors (Lipinski definition) is 2. The second kappa shape index (κ2) is 33.1. The van der Waals surface area contributed by atoms with Crippen LogP contribution in [0.4, 0.5) is 0 Å². The van der Waals surface area contributed by atoms with Gasteiger partial charge in [-0.3, -0.25) is 9.59 Å². The van der Waals surface area contributed by atoms with E-state index in [2.05, 4.69) is 35.0 Å². The highest BCUT2D eigenvalue weighted by Gasteiger charge is 2.35. The van der Waals surface area contributed by atoms with Gasteiger partial charge in [-0.25, -0.2) is 0 Å². The second-order valence-corrected chi connectivity index (χ2v) is 16.3. The third-order valence-electron chi connectivity index (χ3n) is 9.87. The molecule has 0 saturated carbocycles. The van der Waals surface area contributed by atoms with E-state index >= 15 is 0 Å². The van der Waals surface area contributed by atoms with E-state index in [1.807, 2.05) is 0 Å². The molecule has 2 atom stereocenters. The van der Waals surface area contributed by atoms with E-state index in [1.165, 1.54) is 167 Å². The zero-order valence-electron chi connectivity index (χ0n) is 32.1. The van der Waals surface area contributed by atoms with Crippen molar-refractivity contribution < 1.29 is 14.1 Å². The molecule has 0 aromatic heterocycles. The number of halogens is 1. The van der Waals surface area contributed by atoms with E-state index in [9.17, 15) is 9.59 Å². The van der Waals surface area contributed by atoms with E-state index in [4.69, 9.17) is 11.6 Å². The maximum atomic E-state index is 13.3. The molecule has 0 aliphatic carbocycles. The molecular formula is C42H83ClNO2+. The minimum Gasteiger partial charge on any atom is -0.330 e. The second-order valence-electron chi connectivity index (χ2n) is 15.8. The molecule has 0 heterocycles. The quantitative estimate of drug-likeness (QED) is 0.0375. The summed E-state index contributed by atoms with van der Waals surface area (Å²) in [5, 5.41) is -0.673. The molecule has 274 valence electrons. The van der Waals surface area contributed by atoms with Crippen LogP contribution in [0.5, 0.6) is 0 Å². The van der Waals surface area contributed by atoms with Gasteiger partial charge in [0.1, 0.15) is 11.2 Å². The Bertz CT molecular complexity index is 673. The topological polar surface area (TPSA) is 34.1 Å². The number of alkyl halides is 1. The number of rotatable bonds is 37. The summed E-state index contributed by atoms with van der Waals surface area (Å²) in [4.78, 5) is 26.3. The van der Waals surface area contributed by atoms with Crippen LogP contribution in [-0.2, 0) is 9.59 Å². The van der Waals surface area contributed by atoms with Crippen LogP contribution in [0.15, 0.2) is 0 Å². The van der Waals surface area contributed by atoms with Crippen LogP contribution in [0.1, 0.15) is 219 Å². The molecule has 0 N–H and O–H groups in total.